The van der Waals surface area contributed by atoms with Crippen LogP contribution in [0, 0.1) is 0 Å². The molecule has 1 aromatic heterocycles. The van der Waals surface area contributed by atoms with Crippen LogP contribution in [-0.4, -0.2) is 59.6 Å². The summed E-state index contributed by atoms with van der Waals surface area (Å²) in [5.41, 5.74) is 4.07. The predicted octanol–water partition coefficient (Wildman–Crippen LogP) is 4.76. The second kappa shape index (κ2) is 11.1. The molecule has 1 amide bonds. The smallest absolute Gasteiger partial charge is 0.233 e. The fourth-order valence-corrected chi connectivity index (χ4v) is 4.49. The molecule has 8 heteroatoms. The Bertz CT molecular complexity index is 1260. The fraction of sp³-hybridized carbons (Fsp3) is 0.222. The molecule has 4 aromatic rings. The van der Waals surface area contributed by atoms with Gasteiger partial charge in [-0.05, 0) is 54.1 Å². The SMILES string of the molecule is COc1ccc(-c2nnc(SCC(=O)N(C)Cc3ccc(N(C)C)cc3)n2-c2ccccc2)cc1. The van der Waals surface area contributed by atoms with Crippen molar-refractivity contribution in [2.75, 3.05) is 38.9 Å². The Hall–Kier alpha value is -3.78. The molecule has 0 aliphatic carbocycles. The highest BCUT2D eigenvalue weighted by atomic mass is 32.2. The Balaban J connectivity index is 1.50. The first-order chi connectivity index (χ1) is 17.0. The third-order valence-electron chi connectivity index (χ3n) is 5.62. The van der Waals surface area contributed by atoms with Crippen molar-refractivity contribution in [3.63, 3.8) is 0 Å². The Labute approximate surface area is 210 Å². The van der Waals surface area contributed by atoms with Crippen LogP contribution in [-0.2, 0) is 11.3 Å². The van der Waals surface area contributed by atoms with Crippen molar-refractivity contribution in [2.24, 2.45) is 0 Å². The summed E-state index contributed by atoms with van der Waals surface area (Å²) >= 11 is 1.39. The lowest BCUT2D eigenvalue weighted by Gasteiger charge is -2.18. The van der Waals surface area contributed by atoms with Crippen LogP contribution in [0.25, 0.3) is 17.1 Å². The number of amides is 1. The molecule has 35 heavy (non-hydrogen) atoms. The number of thioether (sulfide) groups is 1. The lowest BCUT2D eigenvalue weighted by molar-refractivity contribution is -0.127. The van der Waals surface area contributed by atoms with Crippen LogP contribution in [0.3, 0.4) is 0 Å². The molecule has 0 atom stereocenters. The molecule has 0 saturated carbocycles. The number of carbonyl (C=O) groups excluding carboxylic acids is 1. The standard InChI is InChI=1S/C27H29N5O2S/c1-30(2)22-14-10-20(11-15-22)18-31(3)25(33)19-35-27-29-28-26(21-12-16-24(34-4)17-13-21)32(27)23-8-6-5-7-9-23/h5-17H,18-19H2,1-4H3. The zero-order valence-corrected chi connectivity index (χ0v) is 21.2. The molecule has 180 valence electrons. The minimum Gasteiger partial charge on any atom is -0.497 e. The van der Waals surface area contributed by atoms with Gasteiger partial charge in [0.25, 0.3) is 0 Å². The van der Waals surface area contributed by atoms with Gasteiger partial charge in [0, 0.05) is 44.6 Å². The van der Waals surface area contributed by atoms with E-state index in [1.54, 1.807) is 12.0 Å². The first kappa shape index (κ1) is 24.3. The summed E-state index contributed by atoms with van der Waals surface area (Å²) in [5, 5.41) is 9.54. The van der Waals surface area contributed by atoms with E-state index in [-0.39, 0.29) is 11.7 Å². The summed E-state index contributed by atoms with van der Waals surface area (Å²) in [5.74, 6) is 1.78. The topological polar surface area (TPSA) is 63.5 Å². The average molecular weight is 488 g/mol. The van der Waals surface area contributed by atoms with E-state index in [4.69, 9.17) is 4.74 Å². The number of anilines is 1. The van der Waals surface area contributed by atoms with Gasteiger partial charge in [-0.1, -0.05) is 42.1 Å². The number of para-hydroxylation sites is 1. The van der Waals surface area contributed by atoms with Gasteiger partial charge in [0.05, 0.1) is 12.9 Å². The van der Waals surface area contributed by atoms with E-state index in [9.17, 15) is 4.79 Å². The van der Waals surface area contributed by atoms with Gasteiger partial charge >= 0.3 is 0 Å². The van der Waals surface area contributed by atoms with E-state index < -0.39 is 0 Å². The Kier molecular flexibility index (Phi) is 7.72. The minimum atomic E-state index is 0.0281. The summed E-state index contributed by atoms with van der Waals surface area (Å²) in [7, 11) is 7.49. The fourth-order valence-electron chi connectivity index (χ4n) is 3.60. The predicted molar refractivity (Wildman–Crippen MR) is 141 cm³/mol. The summed E-state index contributed by atoms with van der Waals surface area (Å²) in [6, 6.07) is 25.9. The molecular weight excluding hydrogens is 458 g/mol. The maximum absolute atomic E-state index is 12.9. The van der Waals surface area contributed by atoms with E-state index in [0.717, 1.165) is 28.3 Å². The summed E-state index contributed by atoms with van der Waals surface area (Å²) in [4.78, 5) is 16.7. The molecule has 0 aliphatic rings. The maximum Gasteiger partial charge on any atom is 0.233 e. The third-order valence-corrected chi connectivity index (χ3v) is 6.53. The monoisotopic (exact) mass is 487 g/mol. The highest BCUT2D eigenvalue weighted by Gasteiger charge is 2.18. The highest BCUT2D eigenvalue weighted by Crippen LogP contribution is 2.29. The molecule has 0 radical (unpaired) electrons. The van der Waals surface area contributed by atoms with Crippen LogP contribution in [0.2, 0.25) is 0 Å². The number of ether oxygens (including phenoxy) is 1. The molecule has 7 nitrogen and oxygen atoms in total. The molecule has 0 saturated heterocycles. The number of aromatic nitrogens is 3. The third kappa shape index (κ3) is 5.84. The lowest BCUT2D eigenvalue weighted by Crippen LogP contribution is -2.28. The number of carbonyl (C=O) groups is 1. The van der Waals surface area contributed by atoms with E-state index in [2.05, 4.69) is 39.4 Å². The minimum absolute atomic E-state index is 0.0281. The highest BCUT2D eigenvalue weighted by molar-refractivity contribution is 7.99. The van der Waals surface area contributed by atoms with E-state index >= 15 is 0 Å². The van der Waals surface area contributed by atoms with Gasteiger partial charge in [-0.2, -0.15) is 0 Å². The molecule has 0 bridgehead atoms. The van der Waals surface area contributed by atoms with Gasteiger partial charge in [-0.15, -0.1) is 10.2 Å². The molecule has 0 spiro atoms. The second-order valence-electron chi connectivity index (χ2n) is 8.30. The summed E-state index contributed by atoms with van der Waals surface area (Å²) in [6.45, 7) is 0.551. The van der Waals surface area contributed by atoms with Crippen LogP contribution in [0.1, 0.15) is 5.56 Å². The molecule has 0 N–H and O–H groups in total. The Morgan fingerprint density at radius 1 is 0.914 bits per heavy atom. The molecule has 4 rings (SSSR count). The van der Waals surface area contributed by atoms with Crippen LogP contribution < -0.4 is 9.64 Å². The van der Waals surface area contributed by atoms with Gasteiger partial charge in [0.2, 0.25) is 5.91 Å². The molecule has 0 aliphatic heterocycles. The van der Waals surface area contributed by atoms with E-state index in [0.29, 0.717) is 17.5 Å². The van der Waals surface area contributed by atoms with Crippen molar-refractivity contribution >= 4 is 23.4 Å². The first-order valence-corrected chi connectivity index (χ1v) is 12.2. The summed E-state index contributed by atoms with van der Waals surface area (Å²) in [6.07, 6.45) is 0. The summed E-state index contributed by atoms with van der Waals surface area (Å²) < 4.78 is 7.27. The number of hydrogen-bond donors (Lipinski definition) is 0. The van der Waals surface area contributed by atoms with Gasteiger partial charge < -0.3 is 14.5 Å². The van der Waals surface area contributed by atoms with Crippen molar-refractivity contribution < 1.29 is 9.53 Å². The normalized spacial score (nSPS) is 10.7. The van der Waals surface area contributed by atoms with Crippen LogP contribution in [0.15, 0.2) is 84.0 Å². The number of benzene rings is 3. The molecule has 0 unspecified atom stereocenters. The van der Waals surface area contributed by atoms with Crippen LogP contribution >= 0.6 is 11.8 Å². The van der Waals surface area contributed by atoms with Gasteiger partial charge in [0.15, 0.2) is 11.0 Å². The van der Waals surface area contributed by atoms with E-state index in [1.165, 1.54) is 11.8 Å². The maximum atomic E-state index is 12.9. The Morgan fingerprint density at radius 3 is 2.23 bits per heavy atom. The Morgan fingerprint density at radius 2 is 1.60 bits per heavy atom. The number of hydrogen-bond acceptors (Lipinski definition) is 6. The van der Waals surface area contributed by atoms with Crippen LogP contribution in [0.5, 0.6) is 5.75 Å². The van der Waals surface area contributed by atoms with Crippen LogP contribution in [0.4, 0.5) is 5.69 Å². The first-order valence-electron chi connectivity index (χ1n) is 11.2. The van der Waals surface area contributed by atoms with Gasteiger partial charge in [-0.25, -0.2) is 0 Å². The van der Waals surface area contributed by atoms with Crippen molar-refractivity contribution in [1.29, 1.82) is 0 Å². The quantitative estimate of drug-likeness (QED) is 0.317. The molecule has 0 fully saturated rings. The van der Waals surface area contributed by atoms with Crippen molar-refractivity contribution in [2.45, 2.75) is 11.7 Å². The largest absolute Gasteiger partial charge is 0.497 e. The van der Waals surface area contributed by atoms with Crippen molar-refractivity contribution in [3.8, 4) is 22.8 Å². The molecular formula is C27H29N5O2S. The lowest BCUT2D eigenvalue weighted by atomic mass is 10.2. The van der Waals surface area contributed by atoms with Crippen molar-refractivity contribution in [1.82, 2.24) is 19.7 Å². The second-order valence-corrected chi connectivity index (χ2v) is 9.25. The zero-order chi connectivity index (χ0) is 24.8. The van der Waals surface area contributed by atoms with Gasteiger partial charge in [0.1, 0.15) is 5.75 Å². The molecule has 1 heterocycles. The number of nitrogens with zero attached hydrogens (tertiary/aromatic N) is 5. The zero-order valence-electron chi connectivity index (χ0n) is 20.4. The number of methoxy groups -OCH3 is 1. The molecule has 3 aromatic carbocycles. The van der Waals surface area contributed by atoms with E-state index in [1.807, 2.05) is 80.3 Å². The van der Waals surface area contributed by atoms with Crippen molar-refractivity contribution in [3.05, 3.63) is 84.4 Å². The average Bonchev–Trinajstić information content (AvgIpc) is 3.32. The number of rotatable bonds is 9. The van der Waals surface area contributed by atoms with Gasteiger partial charge in [-0.3, -0.25) is 9.36 Å².